The van der Waals surface area contributed by atoms with Crippen LogP contribution < -0.4 is 10.9 Å². The van der Waals surface area contributed by atoms with Crippen LogP contribution in [0.5, 0.6) is 0 Å². The van der Waals surface area contributed by atoms with Gasteiger partial charge in [0.05, 0.1) is 10.6 Å². The highest BCUT2D eigenvalue weighted by Gasteiger charge is 2.38. The van der Waals surface area contributed by atoms with Crippen LogP contribution in [0.4, 0.5) is 0 Å². The molecule has 1 unspecified atom stereocenters. The molecule has 1 aliphatic heterocycles. The second kappa shape index (κ2) is 8.36. The van der Waals surface area contributed by atoms with Crippen molar-refractivity contribution >= 4 is 31.7 Å². The summed E-state index contributed by atoms with van der Waals surface area (Å²) in [6, 6.07) is 4.38. The second-order valence-corrected chi connectivity index (χ2v) is 10.4. The zero-order valence-corrected chi connectivity index (χ0v) is 16.8. The van der Waals surface area contributed by atoms with E-state index in [1.54, 1.807) is 6.92 Å². The molecule has 2 rings (SSSR count). The first-order chi connectivity index (χ1) is 12.6. The average molecular weight is 418 g/mol. The number of sulfone groups is 1. The normalized spacial score (nSPS) is 18.2. The van der Waals surface area contributed by atoms with Crippen molar-refractivity contribution in [2.45, 2.75) is 37.1 Å². The highest BCUT2D eigenvalue weighted by molar-refractivity contribution is 7.90. The topological polar surface area (TPSA) is 130 Å². The van der Waals surface area contributed by atoms with Crippen LogP contribution in [0.1, 0.15) is 36.5 Å². The summed E-state index contributed by atoms with van der Waals surface area (Å²) in [7, 11) is -6.88. The van der Waals surface area contributed by atoms with E-state index < -0.39 is 37.7 Å². The molecule has 0 radical (unpaired) electrons. The standard InChI is InChI=1S/C16H23N3O6S2/c1-3-11-27(24,25)19-10-4-5-14(19)16(21)18-17-15(20)12-6-8-13(9-7-12)26(2,22)23/h6-9,14H,3-5,10-11H2,1-2H3,(H,17,20)(H,18,21). The van der Waals surface area contributed by atoms with Crippen molar-refractivity contribution in [3.05, 3.63) is 29.8 Å². The van der Waals surface area contributed by atoms with Gasteiger partial charge in [0.25, 0.3) is 11.8 Å². The van der Waals surface area contributed by atoms with Crippen molar-refractivity contribution in [3.8, 4) is 0 Å². The van der Waals surface area contributed by atoms with Crippen LogP contribution in [-0.4, -0.2) is 57.6 Å². The van der Waals surface area contributed by atoms with Crippen LogP contribution in [0.3, 0.4) is 0 Å². The van der Waals surface area contributed by atoms with Crippen LogP contribution in [0, 0.1) is 0 Å². The molecule has 1 aromatic carbocycles. The van der Waals surface area contributed by atoms with Crippen LogP contribution in [0.25, 0.3) is 0 Å². The van der Waals surface area contributed by atoms with E-state index in [1.807, 2.05) is 0 Å². The third-order valence-corrected chi connectivity index (χ3v) is 7.37. The molecule has 0 aliphatic carbocycles. The molecule has 2 N–H and O–H groups in total. The molecular weight excluding hydrogens is 394 g/mol. The number of benzene rings is 1. The lowest BCUT2D eigenvalue weighted by molar-refractivity contribution is -0.125. The minimum Gasteiger partial charge on any atom is -0.271 e. The molecule has 9 nitrogen and oxygen atoms in total. The van der Waals surface area contributed by atoms with Crippen molar-refractivity contribution in [1.29, 1.82) is 0 Å². The maximum absolute atomic E-state index is 12.3. The van der Waals surface area contributed by atoms with Crippen LogP contribution in [-0.2, 0) is 24.7 Å². The van der Waals surface area contributed by atoms with Crippen LogP contribution in [0.15, 0.2) is 29.2 Å². The van der Waals surface area contributed by atoms with Gasteiger partial charge in [-0.05, 0) is 43.5 Å². The fourth-order valence-corrected chi connectivity index (χ4v) is 5.21. The summed E-state index contributed by atoms with van der Waals surface area (Å²) < 4.78 is 48.5. The van der Waals surface area contributed by atoms with Crippen molar-refractivity contribution in [1.82, 2.24) is 15.2 Å². The number of amides is 2. The van der Waals surface area contributed by atoms with Crippen molar-refractivity contribution in [3.63, 3.8) is 0 Å². The Labute approximate surface area is 159 Å². The Bertz CT molecular complexity index is 910. The molecule has 27 heavy (non-hydrogen) atoms. The highest BCUT2D eigenvalue weighted by Crippen LogP contribution is 2.21. The number of hydrazine groups is 1. The summed E-state index contributed by atoms with van der Waals surface area (Å²) in [6.07, 6.45) is 2.46. The fourth-order valence-electron chi connectivity index (χ4n) is 2.84. The molecule has 1 atom stereocenters. The van der Waals surface area contributed by atoms with E-state index in [9.17, 15) is 26.4 Å². The Morgan fingerprint density at radius 1 is 1.11 bits per heavy atom. The predicted octanol–water partition coefficient (Wildman–Crippen LogP) is 0.0553. The first-order valence-corrected chi connectivity index (χ1v) is 12.0. The number of carbonyl (C=O) groups is 2. The van der Waals surface area contributed by atoms with E-state index in [4.69, 9.17) is 0 Å². The lowest BCUT2D eigenvalue weighted by Crippen LogP contribution is -2.51. The molecule has 1 aromatic rings. The minimum absolute atomic E-state index is 0.0319. The van der Waals surface area contributed by atoms with Crippen molar-refractivity contribution < 1.29 is 26.4 Å². The Balaban J connectivity index is 1.99. The fraction of sp³-hybridized carbons (Fsp3) is 0.500. The molecule has 150 valence electrons. The lowest BCUT2D eigenvalue weighted by Gasteiger charge is -2.23. The number of rotatable bonds is 6. The largest absolute Gasteiger partial charge is 0.271 e. The van der Waals surface area contributed by atoms with E-state index in [1.165, 1.54) is 28.6 Å². The monoisotopic (exact) mass is 417 g/mol. The Morgan fingerprint density at radius 3 is 2.30 bits per heavy atom. The SMILES string of the molecule is CCCS(=O)(=O)N1CCCC1C(=O)NNC(=O)c1ccc(S(C)(=O)=O)cc1. The molecule has 2 amide bonds. The highest BCUT2D eigenvalue weighted by atomic mass is 32.2. The maximum Gasteiger partial charge on any atom is 0.269 e. The smallest absolute Gasteiger partial charge is 0.269 e. The summed E-state index contributed by atoms with van der Waals surface area (Å²) in [5.74, 6) is -1.27. The van der Waals surface area contributed by atoms with Gasteiger partial charge in [-0.15, -0.1) is 0 Å². The third-order valence-electron chi connectivity index (χ3n) is 4.17. The van der Waals surface area contributed by atoms with E-state index in [2.05, 4.69) is 10.9 Å². The van der Waals surface area contributed by atoms with E-state index >= 15 is 0 Å². The molecular formula is C16H23N3O6S2. The van der Waals surface area contributed by atoms with Gasteiger partial charge >= 0.3 is 0 Å². The summed E-state index contributed by atoms with van der Waals surface area (Å²) in [6.45, 7) is 2.03. The quantitative estimate of drug-likeness (QED) is 0.630. The number of hydrogen-bond donors (Lipinski definition) is 2. The van der Waals surface area contributed by atoms with Crippen LogP contribution in [0.2, 0.25) is 0 Å². The van der Waals surface area contributed by atoms with Gasteiger partial charge in [-0.3, -0.25) is 20.4 Å². The molecule has 0 aromatic heterocycles. The number of nitrogens with one attached hydrogen (secondary N) is 2. The lowest BCUT2D eigenvalue weighted by atomic mass is 10.2. The number of nitrogens with zero attached hydrogens (tertiary/aromatic N) is 1. The molecule has 1 heterocycles. The van der Waals surface area contributed by atoms with Gasteiger partial charge in [0.2, 0.25) is 10.0 Å². The molecule has 1 aliphatic rings. The third kappa shape index (κ3) is 5.27. The zero-order chi connectivity index (χ0) is 20.2. The predicted molar refractivity (Wildman–Crippen MR) is 99.0 cm³/mol. The van der Waals surface area contributed by atoms with Gasteiger partial charge in [-0.1, -0.05) is 6.92 Å². The zero-order valence-electron chi connectivity index (χ0n) is 15.1. The summed E-state index contributed by atoms with van der Waals surface area (Å²) >= 11 is 0. The molecule has 1 saturated heterocycles. The molecule has 0 bridgehead atoms. The maximum atomic E-state index is 12.3. The van der Waals surface area contributed by atoms with Gasteiger partial charge in [0.1, 0.15) is 6.04 Å². The number of sulfonamides is 1. The summed E-state index contributed by atoms with van der Waals surface area (Å²) in [5.41, 5.74) is 4.63. The van der Waals surface area contributed by atoms with Crippen LogP contribution >= 0.6 is 0 Å². The van der Waals surface area contributed by atoms with Gasteiger partial charge in [0, 0.05) is 18.4 Å². The van der Waals surface area contributed by atoms with Crippen molar-refractivity contribution in [2.75, 3.05) is 18.6 Å². The van der Waals surface area contributed by atoms with Gasteiger partial charge in [-0.2, -0.15) is 4.31 Å². The first-order valence-electron chi connectivity index (χ1n) is 8.46. The summed E-state index contributed by atoms with van der Waals surface area (Å²) in [4.78, 5) is 24.5. The van der Waals surface area contributed by atoms with E-state index in [0.29, 0.717) is 19.3 Å². The molecule has 0 spiro atoms. The number of carbonyl (C=O) groups excluding carboxylic acids is 2. The molecule has 11 heteroatoms. The first kappa shape index (κ1) is 21.3. The van der Waals surface area contributed by atoms with E-state index in [0.717, 1.165) is 6.26 Å². The minimum atomic E-state index is -3.51. The van der Waals surface area contributed by atoms with Gasteiger partial charge in [-0.25, -0.2) is 16.8 Å². The molecule has 0 saturated carbocycles. The summed E-state index contributed by atoms with van der Waals surface area (Å²) in [5, 5.41) is 0. The van der Waals surface area contributed by atoms with Gasteiger partial charge in [0.15, 0.2) is 9.84 Å². The average Bonchev–Trinajstić information content (AvgIpc) is 3.09. The number of hydrogen-bond acceptors (Lipinski definition) is 6. The molecule has 1 fully saturated rings. The van der Waals surface area contributed by atoms with E-state index in [-0.39, 0.29) is 22.8 Å². The second-order valence-electron chi connectivity index (χ2n) is 6.32. The van der Waals surface area contributed by atoms with Crippen molar-refractivity contribution in [2.24, 2.45) is 0 Å². The Morgan fingerprint density at radius 2 is 1.74 bits per heavy atom. The van der Waals surface area contributed by atoms with Gasteiger partial charge < -0.3 is 0 Å². The Hall–Kier alpha value is -1.98. The Kier molecular flexibility index (Phi) is 6.60.